The van der Waals surface area contributed by atoms with Gasteiger partial charge in [0, 0.05) is 22.9 Å². The van der Waals surface area contributed by atoms with Crippen molar-refractivity contribution in [2.45, 2.75) is 12.5 Å². The van der Waals surface area contributed by atoms with Crippen LogP contribution in [0.15, 0.2) is 41.8 Å². The van der Waals surface area contributed by atoms with E-state index in [2.05, 4.69) is 0 Å². The molecule has 0 saturated carbocycles. The maximum Gasteiger partial charge on any atom is 0.127 e. The van der Waals surface area contributed by atoms with E-state index in [4.69, 9.17) is 5.73 Å². The molecule has 1 unspecified atom stereocenters. The summed E-state index contributed by atoms with van der Waals surface area (Å²) in [4.78, 5) is 1.19. The van der Waals surface area contributed by atoms with E-state index in [0.717, 1.165) is 0 Å². The van der Waals surface area contributed by atoms with Gasteiger partial charge in [0.15, 0.2) is 0 Å². The number of thiophene rings is 1. The molecular formula is C12H12FNS. The Hall–Kier alpha value is -1.19. The summed E-state index contributed by atoms with van der Waals surface area (Å²) in [7, 11) is 0. The van der Waals surface area contributed by atoms with E-state index in [1.807, 2.05) is 23.6 Å². The molecule has 1 nitrogen and oxygen atoms in total. The summed E-state index contributed by atoms with van der Waals surface area (Å²) in [5, 5.41) is 2.00. The number of benzene rings is 1. The van der Waals surface area contributed by atoms with Gasteiger partial charge in [-0.3, -0.25) is 0 Å². The number of rotatable bonds is 3. The molecule has 1 aromatic heterocycles. The van der Waals surface area contributed by atoms with Crippen molar-refractivity contribution in [3.05, 3.63) is 58.0 Å². The highest BCUT2D eigenvalue weighted by Crippen LogP contribution is 2.21. The van der Waals surface area contributed by atoms with Gasteiger partial charge in [-0.05, 0) is 17.5 Å². The summed E-state index contributed by atoms with van der Waals surface area (Å²) in [6, 6.07) is 10.4. The highest BCUT2D eigenvalue weighted by molar-refractivity contribution is 7.09. The fraction of sp³-hybridized carbons (Fsp3) is 0.167. The molecule has 0 aliphatic heterocycles. The van der Waals surface area contributed by atoms with Crippen LogP contribution in [0, 0.1) is 5.82 Å². The molecule has 0 saturated heterocycles. The molecule has 0 radical (unpaired) electrons. The van der Waals surface area contributed by atoms with E-state index in [0.29, 0.717) is 12.0 Å². The highest BCUT2D eigenvalue weighted by atomic mass is 32.1. The number of halogens is 1. The van der Waals surface area contributed by atoms with E-state index >= 15 is 0 Å². The van der Waals surface area contributed by atoms with E-state index in [1.54, 1.807) is 23.5 Å². The third-order valence-corrected chi connectivity index (χ3v) is 3.20. The van der Waals surface area contributed by atoms with Crippen LogP contribution < -0.4 is 5.73 Å². The SMILES string of the molecule is NC(Cc1cccs1)c1ccccc1F. The Labute approximate surface area is 92.4 Å². The van der Waals surface area contributed by atoms with Crippen molar-refractivity contribution in [2.24, 2.45) is 5.73 Å². The predicted molar refractivity (Wildman–Crippen MR) is 61.4 cm³/mol. The molecule has 0 amide bonds. The van der Waals surface area contributed by atoms with Crippen LogP contribution >= 0.6 is 11.3 Å². The maximum absolute atomic E-state index is 13.4. The molecule has 0 aliphatic rings. The van der Waals surface area contributed by atoms with Gasteiger partial charge in [-0.1, -0.05) is 24.3 Å². The second-order valence-corrected chi connectivity index (χ2v) is 4.44. The Kier molecular flexibility index (Phi) is 3.14. The van der Waals surface area contributed by atoms with Crippen molar-refractivity contribution in [2.75, 3.05) is 0 Å². The topological polar surface area (TPSA) is 26.0 Å². The van der Waals surface area contributed by atoms with Gasteiger partial charge in [0.1, 0.15) is 5.82 Å². The van der Waals surface area contributed by atoms with E-state index < -0.39 is 0 Å². The third kappa shape index (κ3) is 2.43. The Morgan fingerprint density at radius 2 is 2.00 bits per heavy atom. The smallest absolute Gasteiger partial charge is 0.127 e. The molecular weight excluding hydrogens is 209 g/mol. The molecule has 78 valence electrons. The van der Waals surface area contributed by atoms with Crippen LogP contribution in [-0.2, 0) is 6.42 Å². The van der Waals surface area contributed by atoms with Crippen LogP contribution in [0.2, 0.25) is 0 Å². The summed E-state index contributed by atoms with van der Waals surface area (Å²) in [6.07, 6.45) is 0.693. The largest absolute Gasteiger partial charge is 0.324 e. The van der Waals surface area contributed by atoms with E-state index in [9.17, 15) is 4.39 Å². The first-order valence-corrected chi connectivity index (χ1v) is 5.67. The molecule has 1 aromatic carbocycles. The van der Waals surface area contributed by atoms with Crippen molar-refractivity contribution in [3.8, 4) is 0 Å². The Balaban J connectivity index is 2.15. The fourth-order valence-corrected chi connectivity index (χ4v) is 2.30. The van der Waals surface area contributed by atoms with Crippen LogP contribution in [0.4, 0.5) is 4.39 Å². The maximum atomic E-state index is 13.4. The molecule has 3 heteroatoms. The van der Waals surface area contributed by atoms with E-state index in [1.165, 1.54) is 10.9 Å². The molecule has 0 aliphatic carbocycles. The zero-order chi connectivity index (χ0) is 10.7. The van der Waals surface area contributed by atoms with Crippen LogP contribution in [0.1, 0.15) is 16.5 Å². The molecule has 1 atom stereocenters. The van der Waals surface area contributed by atoms with E-state index in [-0.39, 0.29) is 11.9 Å². The fourth-order valence-electron chi connectivity index (χ4n) is 1.53. The minimum atomic E-state index is -0.259. The van der Waals surface area contributed by atoms with Gasteiger partial charge in [0.05, 0.1) is 0 Å². The molecule has 2 aromatic rings. The van der Waals surface area contributed by atoms with Crippen LogP contribution in [0.5, 0.6) is 0 Å². The first-order valence-electron chi connectivity index (χ1n) is 4.80. The summed E-state index contributed by atoms with van der Waals surface area (Å²) in [6.45, 7) is 0. The molecule has 0 spiro atoms. The van der Waals surface area contributed by atoms with Gasteiger partial charge in [-0.15, -0.1) is 11.3 Å². The summed E-state index contributed by atoms with van der Waals surface area (Å²) in [5.41, 5.74) is 6.54. The lowest BCUT2D eigenvalue weighted by Crippen LogP contribution is -2.14. The third-order valence-electron chi connectivity index (χ3n) is 2.31. The zero-order valence-corrected chi connectivity index (χ0v) is 9.01. The standard InChI is InChI=1S/C12H12FNS/c13-11-6-2-1-5-10(11)12(14)8-9-4-3-7-15-9/h1-7,12H,8,14H2. The predicted octanol–water partition coefficient (Wildman–Crippen LogP) is 3.13. The van der Waals surface area contributed by atoms with Crippen molar-refractivity contribution >= 4 is 11.3 Å². The van der Waals surface area contributed by atoms with Crippen molar-refractivity contribution in [1.29, 1.82) is 0 Å². The normalized spacial score (nSPS) is 12.7. The monoisotopic (exact) mass is 221 g/mol. The second-order valence-electron chi connectivity index (χ2n) is 3.41. The first-order chi connectivity index (χ1) is 7.27. The molecule has 2 rings (SSSR count). The number of nitrogens with two attached hydrogens (primary N) is 1. The van der Waals surface area contributed by atoms with Crippen molar-refractivity contribution in [1.82, 2.24) is 0 Å². The van der Waals surface area contributed by atoms with Crippen LogP contribution in [0.3, 0.4) is 0 Å². The van der Waals surface area contributed by atoms with Gasteiger partial charge < -0.3 is 5.73 Å². The Bertz CT molecular complexity index is 425. The Morgan fingerprint density at radius 3 is 2.67 bits per heavy atom. The average Bonchev–Trinajstić information content (AvgIpc) is 2.71. The lowest BCUT2D eigenvalue weighted by molar-refractivity contribution is 0.581. The first kappa shape index (κ1) is 10.3. The molecule has 0 fully saturated rings. The molecule has 1 heterocycles. The van der Waals surface area contributed by atoms with Gasteiger partial charge >= 0.3 is 0 Å². The lowest BCUT2D eigenvalue weighted by Gasteiger charge is -2.11. The zero-order valence-electron chi connectivity index (χ0n) is 8.19. The van der Waals surface area contributed by atoms with Crippen molar-refractivity contribution < 1.29 is 4.39 Å². The quantitative estimate of drug-likeness (QED) is 0.846. The average molecular weight is 221 g/mol. The summed E-state index contributed by atoms with van der Waals surface area (Å²) >= 11 is 1.65. The number of hydrogen-bond acceptors (Lipinski definition) is 2. The van der Waals surface area contributed by atoms with Crippen molar-refractivity contribution in [3.63, 3.8) is 0 Å². The van der Waals surface area contributed by atoms with Gasteiger partial charge in [-0.25, -0.2) is 4.39 Å². The Morgan fingerprint density at radius 1 is 1.20 bits per heavy atom. The minimum absolute atomic E-state index is 0.221. The molecule has 2 N–H and O–H groups in total. The van der Waals surface area contributed by atoms with Gasteiger partial charge in [0.25, 0.3) is 0 Å². The lowest BCUT2D eigenvalue weighted by atomic mass is 10.0. The van der Waals surface area contributed by atoms with Crippen LogP contribution in [0.25, 0.3) is 0 Å². The second kappa shape index (κ2) is 4.55. The summed E-state index contributed by atoms with van der Waals surface area (Å²) < 4.78 is 13.4. The minimum Gasteiger partial charge on any atom is -0.324 e. The summed E-state index contributed by atoms with van der Waals surface area (Å²) in [5.74, 6) is -0.221. The molecule has 0 bridgehead atoms. The number of hydrogen-bond donors (Lipinski definition) is 1. The van der Waals surface area contributed by atoms with Gasteiger partial charge in [0.2, 0.25) is 0 Å². The van der Waals surface area contributed by atoms with Gasteiger partial charge in [-0.2, -0.15) is 0 Å². The molecule has 15 heavy (non-hydrogen) atoms. The highest BCUT2D eigenvalue weighted by Gasteiger charge is 2.11. The van der Waals surface area contributed by atoms with Crippen LogP contribution in [-0.4, -0.2) is 0 Å².